The Hall–Kier alpha value is -6.48. The molecule has 0 aromatic heterocycles. The quantitative estimate of drug-likeness (QED) is 0.0783. The summed E-state index contributed by atoms with van der Waals surface area (Å²) in [7, 11) is -3.10. The predicted octanol–water partition coefficient (Wildman–Crippen LogP) is 14.0. The van der Waals surface area contributed by atoms with Crippen LogP contribution in [0, 0.1) is 41.5 Å². The molecule has 0 aliphatic heterocycles. The highest BCUT2D eigenvalue weighted by molar-refractivity contribution is 8.01. The number of aliphatic hydroxyl groups is 2. The summed E-state index contributed by atoms with van der Waals surface area (Å²) in [6, 6.07) is 39.2. The van der Waals surface area contributed by atoms with Gasteiger partial charge in [-0.15, -0.1) is 0 Å². The van der Waals surface area contributed by atoms with Crippen molar-refractivity contribution in [2.45, 2.75) is 124 Å². The maximum absolute atomic E-state index is 14.5. The van der Waals surface area contributed by atoms with Gasteiger partial charge in [-0.2, -0.15) is 0 Å². The van der Waals surface area contributed by atoms with Crippen molar-refractivity contribution in [3.8, 4) is 11.5 Å². The van der Waals surface area contributed by atoms with E-state index in [1.807, 2.05) is 102 Å². The first-order chi connectivity index (χ1) is 36.2. The van der Waals surface area contributed by atoms with Crippen LogP contribution in [0.5, 0.6) is 11.5 Å². The van der Waals surface area contributed by atoms with E-state index in [0.717, 1.165) is 71.9 Å². The van der Waals surface area contributed by atoms with E-state index in [1.165, 1.54) is 14.2 Å². The third-order valence-electron chi connectivity index (χ3n) is 13.9. The molecule has 11 nitrogen and oxygen atoms in total. The van der Waals surface area contributed by atoms with E-state index in [2.05, 4.69) is 0 Å². The van der Waals surface area contributed by atoms with Gasteiger partial charge in [-0.3, -0.25) is 19.2 Å². The Morgan fingerprint density at radius 3 is 1.14 bits per heavy atom. The number of ether oxygens (including phenoxy) is 2. The minimum atomic E-state index is -4.11. The van der Waals surface area contributed by atoms with E-state index in [-0.39, 0.29) is 22.4 Å². The number of ketones is 2. The number of aryl methyl sites for hydroxylation is 6. The molecule has 6 aromatic carbocycles. The smallest absolute Gasteiger partial charge is 0.420 e. The van der Waals surface area contributed by atoms with E-state index in [4.69, 9.17) is 9.47 Å². The van der Waals surface area contributed by atoms with Gasteiger partial charge < -0.3 is 24.3 Å². The van der Waals surface area contributed by atoms with E-state index >= 15 is 0 Å². The van der Waals surface area contributed by atoms with Crippen molar-refractivity contribution in [2.75, 3.05) is 20.4 Å². The van der Waals surface area contributed by atoms with Gasteiger partial charge in [0.1, 0.15) is 22.7 Å². The fraction of sp³-hybridized carbons (Fsp3) is 0.349. The summed E-state index contributed by atoms with van der Waals surface area (Å²) >= 11 is 0. The first-order valence-electron chi connectivity index (χ1n) is 25.9. The van der Waals surface area contributed by atoms with Crippen LogP contribution in [-0.4, -0.2) is 69.9 Å². The average Bonchev–Trinajstić information content (AvgIpc) is 3.42. The van der Waals surface area contributed by atoms with Crippen LogP contribution in [0.3, 0.4) is 0 Å². The Bertz CT molecular complexity index is 2850. The summed E-state index contributed by atoms with van der Waals surface area (Å²) in [5, 5.41) is 20.8. The Balaban J connectivity index is 0.000000198. The number of hydrogen-bond donors (Lipinski definition) is 2. The van der Waals surface area contributed by atoms with Crippen molar-refractivity contribution < 1.29 is 52.8 Å². The third kappa shape index (κ3) is 14.5. The zero-order valence-electron chi connectivity index (χ0n) is 45.4. The van der Waals surface area contributed by atoms with Crippen LogP contribution in [0.2, 0.25) is 0 Å². The Kier molecular flexibility index (Phi) is 21.9. The Morgan fingerprint density at radius 1 is 0.500 bits per heavy atom. The number of carbonyl (C=O) groups excluding carboxylic acids is 5. The normalized spacial score (nSPS) is 14.6. The van der Waals surface area contributed by atoms with Gasteiger partial charge in [-0.1, -0.05) is 176 Å². The highest BCUT2D eigenvalue weighted by Crippen LogP contribution is 2.53. The molecular weight excluding hydrogens is 995 g/mol. The van der Waals surface area contributed by atoms with Crippen LogP contribution >= 0.6 is 14.9 Å². The summed E-state index contributed by atoms with van der Waals surface area (Å²) in [5.41, 5.74) is 3.45. The van der Waals surface area contributed by atoms with Gasteiger partial charge in [0.05, 0.1) is 14.2 Å². The lowest BCUT2D eigenvalue weighted by Gasteiger charge is -2.30. The van der Waals surface area contributed by atoms with Crippen LogP contribution in [-0.2, 0) is 9.13 Å². The lowest BCUT2D eigenvalue weighted by Crippen LogP contribution is -2.40. The SMILES string of the molecule is CC[P+](=O)C(=O)c1c(OC)cccc1OC.Cc1cc(C)c(C(=O)P(=O)(C(=O)c2c(C)cc(C)cc2C)c2ccccc2)c(C)c1.O=C(c1ccccc1)C1(O)CCCCC1.O=C(c1ccccc1)C1(O)CCCCC1. The van der Waals surface area contributed by atoms with Crippen LogP contribution in [0.15, 0.2) is 133 Å². The standard InChI is InChI=1S/C26H27O3P.2C13H16O2.C11H14O4P/c1-16-12-18(3)23(19(4)13-16)25(27)30(29,22-10-8-7-9-11-22)26(28)24-20(5)14-17(2)15-21(24)6;2*14-12(11-7-3-1-4-8-11)13(15)9-5-2-6-10-13;1-4-16(13)11(12)10-8(14-2)6-5-7-9(10)15-3/h7-15H,1-6H3;2*1,3-4,7-8,15H,2,5-6,9-10H2;5-7H,4H2,1-3H3/q;;;+1. The summed E-state index contributed by atoms with van der Waals surface area (Å²) in [6.45, 7) is 12.9. The van der Waals surface area contributed by atoms with E-state index in [9.17, 15) is 43.3 Å². The maximum atomic E-state index is 14.5. The largest absolute Gasteiger partial charge is 0.496 e. The number of hydrogen-bond acceptors (Lipinski definition) is 11. The van der Waals surface area contributed by atoms with E-state index in [0.29, 0.717) is 65.6 Å². The van der Waals surface area contributed by atoms with Gasteiger partial charge in [-0.05, 0) is 109 Å². The second-order valence-corrected chi connectivity index (χ2v) is 24.1. The van der Waals surface area contributed by atoms with Crippen molar-refractivity contribution in [3.05, 3.63) is 195 Å². The summed E-state index contributed by atoms with van der Waals surface area (Å²) in [4.78, 5) is 63.7. The van der Waals surface area contributed by atoms with E-state index in [1.54, 1.807) is 79.7 Å². The van der Waals surface area contributed by atoms with Crippen molar-refractivity contribution in [3.63, 3.8) is 0 Å². The molecule has 0 spiro atoms. The molecule has 2 saturated carbocycles. The molecule has 2 N–H and O–H groups in total. The van der Waals surface area contributed by atoms with Crippen LogP contribution < -0.4 is 14.8 Å². The molecule has 2 aliphatic carbocycles. The summed E-state index contributed by atoms with van der Waals surface area (Å²) in [6.07, 6.45) is 8.83. The second kappa shape index (κ2) is 27.5. The van der Waals surface area contributed by atoms with Gasteiger partial charge >= 0.3 is 13.3 Å². The molecule has 0 heterocycles. The van der Waals surface area contributed by atoms with Crippen molar-refractivity contribution in [1.82, 2.24) is 0 Å². The Labute approximate surface area is 449 Å². The number of rotatable bonds is 14. The third-order valence-corrected chi connectivity index (χ3v) is 17.8. The number of Topliss-reactive ketones (excluding diaryl/α,β-unsaturated/α-hetero) is 2. The topological polar surface area (TPSA) is 178 Å². The average molecular weight is 1070 g/mol. The van der Waals surface area contributed by atoms with Crippen molar-refractivity contribution in [1.29, 1.82) is 0 Å². The van der Waals surface area contributed by atoms with Gasteiger partial charge in [0.25, 0.3) is 0 Å². The molecule has 0 bridgehead atoms. The minimum absolute atomic E-state index is 0.109. The molecule has 2 aliphatic rings. The molecule has 0 radical (unpaired) electrons. The van der Waals surface area contributed by atoms with Crippen LogP contribution in [0.4, 0.5) is 0 Å². The first-order valence-corrected chi connectivity index (χ1v) is 29.1. The lowest BCUT2D eigenvalue weighted by molar-refractivity contribution is 0.0116. The van der Waals surface area contributed by atoms with Gasteiger partial charge in [0, 0.05) is 27.6 Å². The van der Waals surface area contributed by atoms with Crippen molar-refractivity contribution in [2.24, 2.45) is 0 Å². The van der Waals surface area contributed by atoms with Crippen molar-refractivity contribution >= 4 is 48.4 Å². The zero-order chi connectivity index (χ0) is 55.8. The molecule has 400 valence electrons. The molecule has 6 aromatic rings. The number of methoxy groups -OCH3 is 2. The van der Waals surface area contributed by atoms with Gasteiger partial charge in [0.2, 0.25) is 18.2 Å². The van der Waals surface area contributed by atoms with E-state index < -0.39 is 42.7 Å². The molecule has 13 heteroatoms. The minimum Gasteiger partial charge on any atom is -0.496 e. The lowest BCUT2D eigenvalue weighted by atomic mass is 9.79. The monoisotopic (exact) mass is 1070 g/mol. The molecule has 0 saturated heterocycles. The van der Waals surface area contributed by atoms with Gasteiger partial charge in [0.15, 0.2) is 23.3 Å². The molecule has 8 rings (SSSR count). The maximum Gasteiger partial charge on any atom is 0.420 e. The van der Waals surface area contributed by atoms with Crippen LogP contribution in [0.1, 0.15) is 156 Å². The highest BCUT2D eigenvalue weighted by Gasteiger charge is 2.45. The molecular formula is C63H73O11P2+. The fourth-order valence-electron chi connectivity index (χ4n) is 10.1. The molecule has 1 atom stereocenters. The summed E-state index contributed by atoms with van der Waals surface area (Å²) in [5.74, 6) is 0.563. The number of carbonyl (C=O) groups is 5. The van der Waals surface area contributed by atoms with Crippen LogP contribution in [0.25, 0.3) is 0 Å². The molecule has 0 amide bonds. The number of benzene rings is 6. The predicted molar refractivity (Wildman–Crippen MR) is 303 cm³/mol. The molecule has 76 heavy (non-hydrogen) atoms. The second-order valence-electron chi connectivity index (χ2n) is 19.7. The summed E-state index contributed by atoms with van der Waals surface area (Å²) < 4.78 is 36.2. The molecule has 2 fully saturated rings. The fourth-order valence-corrected chi connectivity index (χ4v) is 13.4. The highest BCUT2D eigenvalue weighted by atomic mass is 31.2. The Morgan fingerprint density at radius 2 is 0.829 bits per heavy atom. The molecule has 1 unspecified atom stereocenters. The van der Waals surface area contributed by atoms with Gasteiger partial charge in [-0.25, -0.2) is 4.79 Å². The zero-order valence-corrected chi connectivity index (χ0v) is 47.2. The first kappa shape index (κ1) is 60.4.